The van der Waals surface area contributed by atoms with Gasteiger partial charge < -0.3 is 15.4 Å². The van der Waals surface area contributed by atoms with Crippen molar-refractivity contribution in [3.05, 3.63) is 0 Å². The molecule has 1 spiro atoms. The SMILES string of the molecule is CCN1CCCC1CNC(=NC)NC1C2CCOC2C12CCC2. The van der Waals surface area contributed by atoms with Gasteiger partial charge in [-0.25, -0.2) is 0 Å². The smallest absolute Gasteiger partial charge is 0.191 e. The Kier molecular flexibility index (Phi) is 4.26. The zero-order chi connectivity index (χ0) is 15.9. The lowest BCUT2D eigenvalue weighted by Crippen LogP contribution is -2.72. The standard InChI is InChI=1S/C18H32N4O/c1-3-22-10-4-6-13(22)12-20-17(19-2)21-15-14-7-11-23-16(14)18(15)8-5-9-18/h13-16H,3-12H2,1-2H3,(H2,19,20,21). The van der Waals surface area contributed by atoms with E-state index in [0.29, 0.717) is 29.5 Å². The number of likely N-dealkylation sites (N-methyl/N-ethyl adjacent to an activating group) is 1. The van der Waals surface area contributed by atoms with Crippen molar-refractivity contribution in [1.82, 2.24) is 15.5 Å². The minimum Gasteiger partial charge on any atom is -0.377 e. The molecular weight excluding hydrogens is 288 g/mol. The number of nitrogens with one attached hydrogen (secondary N) is 2. The number of ether oxygens (including phenoxy) is 1. The third kappa shape index (κ3) is 2.47. The van der Waals surface area contributed by atoms with Crippen LogP contribution in [-0.4, -0.2) is 62.3 Å². The molecule has 23 heavy (non-hydrogen) atoms. The van der Waals surface area contributed by atoms with Gasteiger partial charge in [0.1, 0.15) is 0 Å². The topological polar surface area (TPSA) is 48.9 Å². The van der Waals surface area contributed by atoms with Gasteiger partial charge in [-0.1, -0.05) is 13.3 Å². The number of likely N-dealkylation sites (tertiary alicyclic amines) is 1. The van der Waals surface area contributed by atoms with Crippen LogP contribution >= 0.6 is 0 Å². The van der Waals surface area contributed by atoms with Gasteiger partial charge in [-0.2, -0.15) is 0 Å². The molecule has 2 heterocycles. The Hall–Kier alpha value is -0.810. The van der Waals surface area contributed by atoms with Gasteiger partial charge in [-0.3, -0.25) is 9.89 Å². The maximum absolute atomic E-state index is 6.02. The van der Waals surface area contributed by atoms with Crippen molar-refractivity contribution in [3.63, 3.8) is 0 Å². The quantitative estimate of drug-likeness (QED) is 0.610. The van der Waals surface area contributed by atoms with E-state index in [0.717, 1.165) is 25.7 Å². The molecule has 0 radical (unpaired) electrons. The van der Waals surface area contributed by atoms with Crippen LogP contribution in [0.1, 0.15) is 45.4 Å². The van der Waals surface area contributed by atoms with Crippen LogP contribution in [-0.2, 0) is 4.74 Å². The zero-order valence-corrected chi connectivity index (χ0v) is 14.7. The summed E-state index contributed by atoms with van der Waals surface area (Å²) in [6, 6.07) is 1.24. The molecule has 5 nitrogen and oxygen atoms in total. The van der Waals surface area contributed by atoms with Gasteiger partial charge in [0.05, 0.1) is 6.10 Å². The second-order valence-electron chi connectivity index (χ2n) is 7.83. The Balaban J connectivity index is 1.34. The number of guanidine groups is 1. The highest BCUT2D eigenvalue weighted by Crippen LogP contribution is 2.62. The summed E-state index contributed by atoms with van der Waals surface area (Å²) in [7, 11) is 1.90. The lowest BCUT2D eigenvalue weighted by atomic mass is 9.46. The van der Waals surface area contributed by atoms with Crippen LogP contribution in [0.2, 0.25) is 0 Å². The Bertz CT molecular complexity index is 462. The summed E-state index contributed by atoms with van der Waals surface area (Å²) in [5, 5.41) is 7.36. The third-order valence-electron chi connectivity index (χ3n) is 6.96. The summed E-state index contributed by atoms with van der Waals surface area (Å²) in [4.78, 5) is 7.08. The van der Waals surface area contributed by atoms with Gasteiger partial charge in [0, 0.05) is 43.6 Å². The monoisotopic (exact) mass is 320 g/mol. The summed E-state index contributed by atoms with van der Waals surface area (Å²) in [5.41, 5.74) is 0.418. The van der Waals surface area contributed by atoms with Crippen LogP contribution in [0.15, 0.2) is 4.99 Å². The Morgan fingerprint density at radius 3 is 2.87 bits per heavy atom. The first-order chi connectivity index (χ1) is 11.3. The molecule has 2 N–H and O–H groups in total. The molecule has 4 aliphatic rings. The molecular formula is C18H32N4O. The fourth-order valence-electron chi connectivity index (χ4n) is 5.55. The average molecular weight is 320 g/mol. The summed E-state index contributed by atoms with van der Waals surface area (Å²) < 4.78 is 6.02. The Morgan fingerprint density at radius 2 is 2.17 bits per heavy atom. The number of rotatable bonds is 4. The van der Waals surface area contributed by atoms with Gasteiger partial charge in [0.15, 0.2) is 5.96 Å². The summed E-state index contributed by atoms with van der Waals surface area (Å²) in [5.74, 6) is 1.70. The van der Waals surface area contributed by atoms with E-state index in [1.807, 2.05) is 7.05 Å². The fraction of sp³-hybridized carbons (Fsp3) is 0.944. The molecule has 2 aliphatic heterocycles. The minimum atomic E-state index is 0.418. The predicted octanol–water partition coefficient (Wildman–Crippen LogP) is 1.59. The lowest BCUT2D eigenvalue weighted by molar-refractivity contribution is -0.171. The number of fused-ring (bicyclic) bond motifs is 2. The summed E-state index contributed by atoms with van der Waals surface area (Å²) in [6.45, 7) is 6.64. The van der Waals surface area contributed by atoms with E-state index in [9.17, 15) is 0 Å². The predicted molar refractivity (Wildman–Crippen MR) is 92.7 cm³/mol. The number of aliphatic imine (C=N–C) groups is 1. The van der Waals surface area contributed by atoms with Crippen LogP contribution < -0.4 is 10.6 Å². The number of nitrogens with zero attached hydrogens (tertiary/aromatic N) is 2. The molecule has 2 aliphatic carbocycles. The van der Waals surface area contributed by atoms with Gasteiger partial charge in [-0.15, -0.1) is 0 Å². The largest absolute Gasteiger partial charge is 0.377 e. The highest BCUT2D eigenvalue weighted by molar-refractivity contribution is 5.80. The van der Waals surface area contributed by atoms with E-state index in [1.165, 1.54) is 45.1 Å². The van der Waals surface area contributed by atoms with Crippen LogP contribution in [0.3, 0.4) is 0 Å². The van der Waals surface area contributed by atoms with E-state index < -0.39 is 0 Å². The second kappa shape index (κ2) is 6.25. The van der Waals surface area contributed by atoms with Crippen molar-refractivity contribution in [2.75, 3.05) is 33.3 Å². The Morgan fingerprint density at radius 1 is 1.30 bits per heavy atom. The van der Waals surface area contributed by atoms with Crippen LogP contribution in [0.4, 0.5) is 0 Å². The highest BCUT2D eigenvalue weighted by atomic mass is 16.5. The summed E-state index contributed by atoms with van der Waals surface area (Å²) in [6.07, 6.45) is 8.40. The van der Waals surface area contributed by atoms with Crippen LogP contribution in [0.5, 0.6) is 0 Å². The van der Waals surface area contributed by atoms with Crippen molar-refractivity contribution < 1.29 is 4.74 Å². The molecule has 0 aromatic carbocycles. The molecule has 0 bridgehead atoms. The minimum absolute atomic E-state index is 0.418. The molecule has 0 amide bonds. The molecule has 4 atom stereocenters. The average Bonchev–Trinajstić information content (AvgIpc) is 3.13. The number of hydrogen-bond donors (Lipinski definition) is 2. The molecule has 4 fully saturated rings. The molecule has 0 aromatic heterocycles. The molecule has 2 saturated carbocycles. The van der Waals surface area contributed by atoms with E-state index >= 15 is 0 Å². The second-order valence-corrected chi connectivity index (χ2v) is 7.83. The first-order valence-electron chi connectivity index (χ1n) is 9.61. The van der Waals surface area contributed by atoms with Crippen molar-refractivity contribution in [1.29, 1.82) is 0 Å². The van der Waals surface area contributed by atoms with Gasteiger partial charge >= 0.3 is 0 Å². The van der Waals surface area contributed by atoms with Crippen LogP contribution in [0, 0.1) is 11.3 Å². The molecule has 4 rings (SSSR count). The van der Waals surface area contributed by atoms with E-state index in [1.54, 1.807) is 0 Å². The molecule has 2 saturated heterocycles. The van der Waals surface area contributed by atoms with Crippen LogP contribution in [0.25, 0.3) is 0 Å². The molecule has 130 valence electrons. The first kappa shape index (κ1) is 15.7. The maximum Gasteiger partial charge on any atom is 0.191 e. The van der Waals surface area contributed by atoms with E-state index in [4.69, 9.17) is 4.74 Å². The van der Waals surface area contributed by atoms with E-state index in [2.05, 4.69) is 27.4 Å². The zero-order valence-electron chi connectivity index (χ0n) is 14.7. The first-order valence-corrected chi connectivity index (χ1v) is 9.61. The lowest BCUT2D eigenvalue weighted by Gasteiger charge is -2.63. The van der Waals surface area contributed by atoms with Gasteiger partial charge in [0.2, 0.25) is 0 Å². The fourth-order valence-corrected chi connectivity index (χ4v) is 5.55. The number of hydrogen-bond acceptors (Lipinski definition) is 3. The van der Waals surface area contributed by atoms with Crippen molar-refractivity contribution in [3.8, 4) is 0 Å². The highest BCUT2D eigenvalue weighted by Gasteiger charge is 2.66. The van der Waals surface area contributed by atoms with Gasteiger partial charge in [0.25, 0.3) is 0 Å². The Labute approximate surface area is 140 Å². The van der Waals surface area contributed by atoms with Crippen molar-refractivity contribution >= 4 is 5.96 Å². The maximum atomic E-state index is 6.02. The normalized spacial score (nSPS) is 39.0. The van der Waals surface area contributed by atoms with Gasteiger partial charge in [-0.05, 0) is 45.2 Å². The van der Waals surface area contributed by atoms with Crippen molar-refractivity contribution in [2.45, 2.75) is 63.6 Å². The molecule has 5 heteroatoms. The molecule has 4 unspecified atom stereocenters. The summed E-state index contributed by atoms with van der Waals surface area (Å²) >= 11 is 0. The molecule has 0 aromatic rings. The van der Waals surface area contributed by atoms with E-state index in [-0.39, 0.29) is 0 Å². The third-order valence-corrected chi connectivity index (χ3v) is 6.96. The van der Waals surface area contributed by atoms with Crippen molar-refractivity contribution in [2.24, 2.45) is 16.3 Å².